The second-order valence-corrected chi connectivity index (χ2v) is 8.35. The van der Waals surface area contributed by atoms with Crippen LogP contribution in [-0.2, 0) is 9.59 Å². The van der Waals surface area contributed by atoms with Gasteiger partial charge in [-0.15, -0.1) is 0 Å². The van der Waals surface area contributed by atoms with Crippen molar-refractivity contribution in [1.82, 2.24) is 9.80 Å². The molecule has 1 saturated heterocycles. The third-order valence-electron chi connectivity index (χ3n) is 6.01. The molecular weight excluding hydrogens is 318 g/mol. The number of nitrogens with zero attached hydrogens (tertiary/aromatic N) is 2. The minimum atomic E-state index is -0.956. The maximum absolute atomic E-state index is 12.6. The Bertz CT molecular complexity index is 451. The fraction of sp³-hybridized carbons (Fsp3) is 0.895. The lowest BCUT2D eigenvalue weighted by atomic mass is 9.79. The summed E-state index contributed by atoms with van der Waals surface area (Å²) in [6.07, 6.45) is 5.13. The number of carbonyl (C=O) groups excluding carboxylic acids is 2. The van der Waals surface area contributed by atoms with Gasteiger partial charge in [-0.3, -0.25) is 4.79 Å². The van der Waals surface area contributed by atoms with Crippen molar-refractivity contribution < 1.29 is 19.6 Å². The number of hydrogen-bond acceptors (Lipinski definition) is 4. The predicted octanol–water partition coefficient (Wildman–Crippen LogP) is -1.14. The first-order chi connectivity index (χ1) is 11.9. The van der Waals surface area contributed by atoms with Crippen LogP contribution in [-0.4, -0.2) is 75.5 Å². The number of carboxylic acids is 1. The summed E-state index contributed by atoms with van der Waals surface area (Å²) >= 11 is 0. The molecule has 1 saturated carbocycles. The van der Waals surface area contributed by atoms with Gasteiger partial charge in [0.15, 0.2) is 0 Å². The van der Waals surface area contributed by atoms with Crippen molar-refractivity contribution in [3.05, 3.63) is 0 Å². The fourth-order valence-corrected chi connectivity index (χ4v) is 3.98. The second kappa shape index (κ2) is 9.53. The smallest absolute Gasteiger partial charge is 0.225 e. The average Bonchev–Trinajstić information content (AvgIpc) is 2.49. The Hall–Kier alpha value is -1.14. The summed E-state index contributed by atoms with van der Waals surface area (Å²) in [6, 6.07) is 0. The van der Waals surface area contributed by atoms with Crippen molar-refractivity contribution in [3.63, 3.8) is 0 Å². The Balaban J connectivity index is 1.87. The maximum Gasteiger partial charge on any atom is 0.225 e. The van der Waals surface area contributed by atoms with Crippen molar-refractivity contribution >= 4 is 11.9 Å². The first kappa shape index (κ1) is 20.2. The molecule has 0 aromatic rings. The normalized spacial score (nSPS) is 25.7. The van der Waals surface area contributed by atoms with Gasteiger partial charge in [0.25, 0.3) is 0 Å². The number of carboxylic acid groups (broad SMARTS) is 1. The summed E-state index contributed by atoms with van der Waals surface area (Å²) in [4.78, 5) is 29.3. The SMILES string of the molecule is CN(C)CC[NH+](C)CC[C@H]1CN(C(=O)C2CCC2)CC[C@H]1CC(=O)[O-]. The Morgan fingerprint density at radius 2 is 1.88 bits per heavy atom. The van der Waals surface area contributed by atoms with Crippen LogP contribution in [0.2, 0.25) is 0 Å². The van der Waals surface area contributed by atoms with Crippen LogP contribution in [0.1, 0.15) is 38.5 Å². The van der Waals surface area contributed by atoms with Crippen molar-refractivity contribution in [2.24, 2.45) is 17.8 Å². The fourth-order valence-electron chi connectivity index (χ4n) is 3.98. The second-order valence-electron chi connectivity index (χ2n) is 8.35. The van der Waals surface area contributed by atoms with E-state index < -0.39 is 5.97 Å². The molecule has 2 fully saturated rings. The molecule has 0 bridgehead atoms. The Kier molecular flexibility index (Phi) is 7.69. The molecule has 144 valence electrons. The van der Waals surface area contributed by atoms with Crippen molar-refractivity contribution in [1.29, 1.82) is 0 Å². The summed E-state index contributed by atoms with van der Waals surface area (Å²) in [5, 5.41) is 11.1. The van der Waals surface area contributed by atoms with Crippen LogP contribution >= 0.6 is 0 Å². The summed E-state index contributed by atoms with van der Waals surface area (Å²) < 4.78 is 0. The highest BCUT2D eigenvalue weighted by Crippen LogP contribution is 2.33. The van der Waals surface area contributed by atoms with E-state index in [0.717, 1.165) is 51.9 Å². The van der Waals surface area contributed by atoms with E-state index >= 15 is 0 Å². The molecule has 0 spiro atoms. The van der Waals surface area contributed by atoms with Crippen LogP contribution in [0.3, 0.4) is 0 Å². The third kappa shape index (κ3) is 6.26. The van der Waals surface area contributed by atoms with Crippen LogP contribution < -0.4 is 10.0 Å². The summed E-state index contributed by atoms with van der Waals surface area (Å²) in [7, 11) is 6.35. The van der Waals surface area contributed by atoms with E-state index in [9.17, 15) is 14.7 Å². The molecule has 1 aliphatic heterocycles. The Morgan fingerprint density at radius 3 is 2.44 bits per heavy atom. The van der Waals surface area contributed by atoms with Gasteiger partial charge < -0.3 is 24.6 Å². The highest BCUT2D eigenvalue weighted by Gasteiger charge is 2.36. The first-order valence-corrected chi connectivity index (χ1v) is 9.81. The van der Waals surface area contributed by atoms with E-state index in [1.54, 1.807) is 0 Å². The first-order valence-electron chi connectivity index (χ1n) is 9.81. The number of piperidine rings is 1. The zero-order chi connectivity index (χ0) is 18.4. The third-order valence-corrected chi connectivity index (χ3v) is 6.01. The molecule has 1 amide bonds. The highest BCUT2D eigenvalue weighted by atomic mass is 16.4. The highest BCUT2D eigenvalue weighted by molar-refractivity contribution is 5.79. The van der Waals surface area contributed by atoms with Gasteiger partial charge in [-0.2, -0.15) is 0 Å². The lowest BCUT2D eigenvalue weighted by molar-refractivity contribution is -0.879. The van der Waals surface area contributed by atoms with Gasteiger partial charge in [0.1, 0.15) is 0 Å². The molecule has 3 atom stereocenters. The lowest BCUT2D eigenvalue weighted by Gasteiger charge is -2.41. The van der Waals surface area contributed by atoms with Gasteiger partial charge in [0.2, 0.25) is 5.91 Å². The molecule has 6 nitrogen and oxygen atoms in total. The summed E-state index contributed by atoms with van der Waals surface area (Å²) in [5.41, 5.74) is 0. The van der Waals surface area contributed by atoms with Crippen LogP contribution in [0.5, 0.6) is 0 Å². The zero-order valence-corrected chi connectivity index (χ0v) is 16.1. The maximum atomic E-state index is 12.6. The van der Waals surface area contributed by atoms with Crippen molar-refractivity contribution in [2.75, 3.05) is 53.9 Å². The summed E-state index contributed by atoms with van der Waals surface area (Å²) in [5.74, 6) is 0.00680. The molecule has 1 unspecified atom stereocenters. The van der Waals surface area contributed by atoms with E-state index in [1.807, 2.05) is 4.90 Å². The van der Waals surface area contributed by atoms with Crippen molar-refractivity contribution in [3.8, 4) is 0 Å². The van der Waals surface area contributed by atoms with Crippen LogP contribution in [0, 0.1) is 17.8 Å². The van der Waals surface area contributed by atoms with Gasteiger partial charge in [0, 0.05) is 37.9 Å². The number of likely N-dealkylation sites (tertiary alicyclic amines) is 1. The number of aliphatic carboxylic acids is 1. The number of amides is 1. The minimum Gasteiger partial charge on any atom is -0.550 e. The van der Waals surface area contributed by atoms with Crippen LogP contribution in [0.25, 0.3) is 0 Å². The molecule has 0 aromatic heterocycles. The average molecular weight is 354 g/mol. The van der Waals surface area contributed by atoms with Crippen LogP contribution in [0.4, 0.5) is 0 Å². The summed E-state index contributed by atoms with van der Waals surface area (Å²) in [6.45, 7) is 4.59. The van der Waals surface area contributed by atoms with E-state index in [1.165, 1.54) is 11.3 Å². The molecule has 2 aliphatic rings. The van der Waals surface area contributed by atoms with E-state index in [4.69, 9.17) is 0 Å². The van der Waals surface area contributed by atoms with E-state index in [0.29, 0.717) is 12.5 Å². The number of likely N-dealkylation sites (N-methyl/N-ethyl adjacent to an activating group) is 2. The molecular formula is C19H35N3O3. The van der Waals surface area contributed by atoms with Gasteiger partial charge in [-0.25, -0.2) is 0 Å². The molecule has 25 heavy (non-hydrogen) atoms. The molecule has 1 heterocycles. The van der Waals surface area contributed by atoms with Gasteiger partial charge in [-0.05, 0) is 51.6 Å². The predicted molar refractivity (Wildman–Crippen MR) is 94.9 cm³/mol. The number of quaternary nitrogens is 1. The minimum absolute atomic E-state index is 0.132. The quantitative estimate of drug-likeness (QED) is 0.569. The van der Waals surface area contributed by atoms with Crippen LogP contribution in [0.15, 0.2) is 0 Å². The lowest BCUT2D eigenvalue weighted by Crippen LogP contribution is -3.09. The van der Waals surface area contributed by atoms with Gasteiger partial charge >= 0.3 is 0 Å². The molecule has 1 N–H and O–H groups in total. The molecule has 1 aliphatic carbocycles. The van der Waals surface area contributed by atoms with Crippen molar-refractivity contribution in [2.45, 2.75) is 38.5 Å². The Morgan fingerprint density at radius 1 is 1.16 bits per heavy atom. The van der Waals surface area contributed by atoms with E-state index in [-0.39, 0.29) is 24.2 Å². The Labute approximate surface area is 152 Å². The largest absolute Gasteiger partial charge is 0.550 e. The number of rotatable bonds is 9. The molecule has 6 heteroatoms. The van der Waals surface area contributed by atoms with Gasteiger partial charge in [0.05, 0.1) is 20.1 Å². The topological polar surface area (TPSA) is 68.1 Å². The number of carbonyl (C=O) groups is 2. The molecule has 0 radical (unpaired) electrons. The molecule has 0 aromatic carbocycles. The van der Waals surface area contributed by atoms with E-state index in [2.05, 4.69) is 26.0 Å². The number of nitrogens with one attached hydrogen (secondary N) is 1. The standard InChI is InChI=1S/C19H35N3O3/c1-20(2)11-12-21(3)9-7-17-14-22(19(25)15-5-4-6-15)10-8-16(17)13-18(23)24/h15-17H,4-14H2,1-3H3,(H,23,24)/t16-,17-/m0/s1. The monoisotopic (exact) mass is 353 g/mol. The van der Waals surface area contributed by atoms with Gasteiger partial charge in [-0.1, -0.05) is 6.42 Å². The zero-order valence-electron chi connectivity index (χ0n) is 16.1. The molecule has 2 rings (SSSR count). The number of hydrogen-bond donors (Lipinski definition) is 1.